The summed E-state index contributed by atoms with van der Waals surface area (Å²) in [6.45, 7) is 3.45. The van der Waals surface area contributed by atoms with Crippen molar-refractivity contribution in [3.8, 4) is 17.6 Å². The van der Waals surface area contributed by atoms with E-state index >= 15 is 0 Å². The number of aryl methyl sites for hydroxylation is 1. The fourth-order valence-corrected chi connectivity index (χ4v) is 7.53. The minimum absolute atomic E-state index is 0.0459. The number of hydrogen-bond donors (Lipinski definition) is 8. The molecule has 1 heterocycles. The van der Waals surface area contributed by atoms with Gasteiger partial charge in [0.25, 0.3) is 0 Å². The molecule has 298 valence electrons. The van der Waals surface area contributed by atoms with Gasteiger partial charge in [-0.05, 0) is 98.8 Å². The van der Waals surface area contributed by atoms with Crippen molar-refractivity contribution in [2.75, 3.05) is 13.2 Å². The highest BCUT2D eigenvalue weighted by Crippen LogP contribution is 2.38. The van der Waals surface area contributed by atoms with Crippen molar-refractivity contribution in [3.63, 3.8) is 0 Å². The molecule has 0 saturated heterocycles. The second-order valence-corrected chi connectivity index (χ2v) is 15.0. The molecule has 9 nitrogen and oxygen atoms in total. The summed E-state index contributed by atoms with van der Waals surface area (Å²) in [6.07, 6.45) is 12.0. The maximum Gasteiger partial charge on any atom is 0.303 e. The zero-order valence-electron chi connectivity index (χ0n) is 32.4. The summed E-state index contributed by atoms with van der Waals surface area (Å²) in [5.74, 6) is 5.62. The molecule has 0 aliphatic carbocycles. The minimum atomic E-state index is -1.41. The molecule has 0 saturated carbocycles. The van der Waals surface area contributed by atoms with E-state index in [2.05, 4.69) is 30.1 Å². The molecule has 0 aromatic heterocycles. The fourth-order valence-electron chi connectivity index (χ4n) is 7.53. The predicted octanol–water partition coefficient (Wildman–Crippen LogP) is 6.68. The van der Waals surface area contributed by atoms with Gasteiger partial charge in [0.1, 0.15) is 5.75 Å². The Morgan fingerprint density at radius 3 is 2.41 bits per heavy atom. The SMILES string of the molecule is CCCCC[C@H](O)C=CC1=C(C[C@H](O)CO)[C@H](CCCCCCC(=O)O)N[C@@H]([C@@](C)(O)[C@H](CCCO)c2ccc(O)cc2)CC#Cc2ccccc2CC1. The molecule has 9 heteroatoms. The predicted molar refractivity (Wildman–Crippen MR) is 214 cm³/mol. The number of fused-ring (bicyclic) bond motifs is 1. The lowest BCUT2D eigenvalue weighted by atomic mass is 9.74. The van der Waals surface area contributed by atoms with Crippen LogP contribution in [0.1, 0.15) is 133 Å². The van der Waals surface area contributed by atoms with Crippen LogP contribution in [0.2, 0.25) is 0 Å². The Balaban J connectivity index is 2.21. The van der Waals surface area contributed by atoms with Gasteiger partial charge >= 0.3 is 5.97 Å². The molecule has 0 fully saturated rings. The van der Waals surface area contributed by atoms with Crippen LogP contribution < -0.4 is 5.32 Å². The number of carbonyl (C=O) groups is 1. The van der Waals surface area contributed by atoms with Crippen LogP contribution in [0.3, 0.4) is 0 Å². The van der Waals surface area contributed by atoms with E-state index in [4.69, 9.17) is 5.11 Å². The molecular formula is C45H65NO8. The minimum Gasteiger partial charge on any atom is -0.508 e. The number of benzene rings is 2. The van der Waals surface area contributed by atoms with Crippen LogP contribution >= 0.6 is 0 Å². The molecule has 0 radical (unpaired) electrons. The van der Waals surface area contributed by atoms with Crippen LogP contribution in [-0.2, 0) is 11.2 Å². The number of phenols is 1. The number of aliphatic hydroxyl groups excluding tert-OH is 4. The standard InChI is InChI=1S/C45H65NO8/c1-3-4-7-17-37(49)27-24-35-23-22-34-15-11-10-14-33(34)16-12-20-43(45(2,54)41(18-13-30-47)36-25-28-38(50)29-26-36)46-42(40(35)31-39(51)32-48)19-8-5-6-9-21-44(52)53/h10-11,14-15,24-29,37,39,41-43,46-51,54H,3-9,13,17-23,30-32H2,1-2H3,(H,52,53)/t37-,39-,41+,42-,43+,45-/m0/s1. The van der Waals surface area contributed by atoms with Crippen molar-refractivity contribution in [1.29, 1.82) is 0 Å². The topological polar surface area (TPSA) is 171 Å². The lowest BCUT2D eigenvalue weighted by Gasteiger charge is -2.42. The van der Waals surface area contributed by atoms with Gasteiger partial charge in [0.2, 0.25) is 0 Å². The van der Waals surface area contributed by atoms with Gasteiger partial charge in [0.05, 0.1) is 24.4 Å². The largest absolute Gasteiger partial charge is 0.508 e. The molecule has 6 atom stereocenters. The number of unbranched alkanes of at least 4 members (excludes halogenated alkanes) is 5. The van der Waals surface area contributed by atoms with Crippen LogP contribution in [0.25, 0.3) is 0 Å². The van der Waals surface area contributed by atoms with E-state index in [-0.39, 0.29) is 37.7 Å². The lowest BCUT2D eigenvalue weighted by molar-refractivity contribution is -0.137. The summed E-state index contributed by atoms with van der Waals surface area (Å²) >= 11 is 0. The fraction of sp³-hybridized carbons (Fsp3) is 0.578. The molecule has 8 N–H and O–H groups in total. The third-order valence-corrected chi connectivity index (χ3v) is 10.7. The average Bonchev–Trinajstić information content (AvgIpc) is 3.15. The maximum atomic E-state index is 12.7. The highest BCUT2D eigenvalue weighted by atomic mass is 16.4. The number of carboxylic acids is 1. The van der Waals surface area contributed by atoms with Gasteiger partial charge in [0, 0.05) is 43.0 Å². The summed E-state index contributed by atoms with van der Waals surface area (Å²) in [7, 11) is 0. The second-order valence-electron chi connectivity index (χ2n) is 15.0. The number of allylic oxidation sites excluding steroid dienone is 2. The van der Waals surface area contributed by atoms with Gasteiger partial charge in [-0.25, -0.2) is 0 Å². The smallest absolute Gasteiger partial charge is 0.303 e. The van der Waals surface area contributed by atoms with Crippen LogP contribution in [0.5, 0.6) is 5.75 Å². The molecule has 0 unspecified atom stereocenters. The Hall–Kier alpha value is -3.49. The normalized spacial score (nSPS) is 19.5. The van der Waals surface area contributed by atoms with E-state index < -0.39 is 42.3 Å². The van der Waals surface area contributed by atoms with E-state index in [0.29, 0.717) is 44.9 Å². The zero-order valence-corrected chi connectivity index (χ0v) is 32.4. The number of phenolic OH excluding ortho intramolecular Hbond substituents is 1. The molecule has 3 rings (SSSR count). The van der Waals surface area contributed by atoms with Crippen molar-refractivity contribution in [1.82, 2.24) is 5.32 Å². The Kier molecular flexibility index (Phi) is 20.1. The number of carboxylic acid groups (broad SMARTS) is 1. The van der Waals surface area contributed by atoms with Crippen molar-refractivity contribution in [2.45, 2.75) is 152 Å². The summed E-state index contributed by atoms with van der Waals surface area (Å²) < 4.78 is 0. The van der Waals surface area contributed by atoms with Gasteiger partial charge in [-0.1, -0.05) is 99.8 Å². The summed E-state index contributed by atoms with van der Waals surface area (Å²) in [5.41, 5.74) is 3.21. The highest BCUT2D eigenvalue weighted by molar-refractivity contribution is 5.66. The summed E-state index contributed by atoms with van der Waals surface area (Å²) in [6, 6.07) is 13.8. The Morgan fingerprint density at radius 1 is 0.963 bits per heavy atom. The molecule has 0 amide bonds. The van der Waals surface area contributed by atoms with Crippen LogP contribution in [0, 0.1) is 11.8 Å². The third-order valence-electron chi connectivity index (χ3n) is 10.7. The van der Waals surface area contributed by atoms with Crippen molar-refractivity contribution >= 4 is 5.97 Å². The Morgan fingerprint density at radius 2 is 1.70 bits per heavy atom. The van der Waals surface area contributed by atoms with Gasteiger partial charge in [0.15, 0.2) is 0 Å². The van der Waals surface area contributed by atoms with Crippen LogP contribution in [-0.4, -0.2) is 84.8 Å². The van der Waals surface area contributed by atoms with Gasteiger partial charge in [-0.15, -0.1) is 0 Å². The van der Waals surface area contributed by atoms with Crippen LogP contribution in [0.15, 0.2) is 71.8 Å². The quantitative estimate of drug-likeness (QED) is 0.0484. The first-order valence-corrected chi connectivity index (χ1v) is 20.0. The summed E-state index contributed by atoms with van der Waals surface area (Å²) in [4.78, 5) is 11.2. The van der Waals surface area contributed by atoms with E-state index in [0.717, 1.165) is 66.4 Å². The zero-order chi connectivity index (χ0) is 39.3. The van der Waals surface area contributed by atoms with E-state index in [9.17, 15) is 35.4 Å². The summed E-state index contributed by atoms with van der Waals surface area (Å²) in [5, 5.41) is 77.8. The Labute approximate surface area is 322 Å². The number of aliphatic carboxylic acids is 1. The van der Waals surface area contributed by atoms with E-state index in [1.54, 1.807) is 31.2 Å². The first kappa shape index (κ1) is 44.9. The second kappa shape index (κ2) is 24.1. The maximum absolute atomic E-state index is 12.7. The van der Waals surface area contributed by atoms with Gasteiger partial charge in [-0.3, -0.25) is 4.79 Å². The van der Waals surface area contributed by atoms with Crippen LogP contribution in [0.4, 0.5) is 0 Å². The lowest BCUT2D eigenvalue weighted by Crippen LogP contribution is -2.56. The third kappa shape index (κ3) is 15.0. The number of aliphatic hydroxyl groups is 5. The van der Waals surface area contributed by atoms with Crippen molar-refractivity contribution in [3.05, 3.63) is 88.5 Å². The van der Waals surface area contributed by atoms with E-state index in [1.807, 2.05) is 30.4 Å². The van der Waals surface area contributed by atoms with E-state index in [1.165, 1.54) is 0 Å². The molecule has 2 aromatic carbocycles. The average molecular weight is 748 g/mol. The molecular weight excluding hydrogens is 682 g/mol. The first-order chi connectivity index (χ1) is 26.0. The molecule has 54 heavy (non-hydrogen) atoms. The molecule has 0 spiro atoms. The number of hydrogen-bond acceptors (Lipinski definition) is 8. The molecule has 1 aliphatic heterocycles. The molecule has 0 bridgehead atoms. The highest BCUT2D eigenvalue weighted by Gasteiger charge is 2.41. The van der Waals surface area contributed by atoms with Crippen molar-refractivity contribution in [2.24, 2.45) is 0 Å². The monoisotopic (exact) mass is 747 g/mol. The first-order valence-electron chi connectivity index (χ1n) is 20.0. The number of rotatable bonds is 22. The van der Waals surface area contributed by atoms with Crippen molar-refractivity contribution < 1.29 is 40.5 Å². The molecule has 2 aromatic rings. The number of nitrogens with one attached hydrogen (secondary N) is 1. The number of aromatic hydroxyl groups is 1. The molecule has 1 aliphatic rings. The Bertz CT molecular complexity index is 1520. The van der Waals surface area contributed by atoms with Gasteiger partial charge in [-0.2, -0.15) is 0 Å². The van der Waals surface area contributed by atoms with Gasteiger partial charge < -0.3 is 41.1 Å².